The molecule has 0 unspecified atom stereocenters. The number of ether oxygens (including phenoxy) is 4. The summed E-state index contributed by atoms with van der Waals surface area (Å²) >= 11 is 0. The highest BCUT2D eigenvalue weighted by Gasteiger charge is 2.12. The molecule has 0 aliphatic rings. The normalized spacial score (nSPS) is 10.5. The number of hydrogen-bond acceptors (Lipinski definition) is 5. The molecule has 0 fully saturated rings. The topological polar surface area (TPSA) is 74.2 Å². The second-order valence-electron chi connectivity index (χ2n) is 7.72. The zero-order valence-electron chi connectivity index (χ0n) is 19.5. The Bertz CT molecular complexity index is 1110. The van der Waals surface area contributed by atoms with Gasteiger partial charge in [0.25, 0.3) is 0 Å². The van der Waals surface area contributed by atoms with Crippen LogP contribution in [0.2, 0.25) is 0 Å². The van der Waals surface area contributed by atoms with Crippen LogP contribution in [0.1, 0.15) is 32.6 Å². The lowest BCUT2D eigenvalue weighted by atomic mass is 9.98. The Labute approximate surface area is 194 Å². The van der Waals surface area contributed by atoms with Gasteiger partial charge in [-0.05, 0) is 84.3 Å². The highest BCUT2D eigenvalue weighted by molar-refractivity contribution is 5.91. The third-order valence-corrected chi connectivity index (χ3v) is 5.61. The van der Waals surface area contributed by atoms with E-state index in [-0.39, 0.29) is 5.56 Å². The average Bonchev–Trinajstić information content (AvgIpc) is 2.85. The minimum Gasteiger partial charge on any atom is -0.497 e. The van der Waals surface area contributed by atoms with Crippen molar-refractivity contribution in [2.45, 2.75) is 25.7 Å². The smallest absolute Gasteiger partial charge is 0.339 e. The maximum Gasteiger partial charge on any atom is 0.339 e. The molecule has 0 aromatic heterocycles. The summed E-state index contributed by atoms with van der Waals surface area (Å²) in [5.41, 5.74) is 4.71. The van der Waals surface area contributed by atoms with Gasteiger partial charge in [0.15, 0.2) is 11.5 Å². The Balaban J connectivity index is 1.71. The van der Waals surface area contributed by atoms with Crippen LogP contribution in [0.25, 0.3) is 0 Å². The average molecular weight is 451 g/mol. The van der Waals surface area contributed by atoms with E-state index in [0.29, 0.717) is 5.75 Å². The van der Waals surface area contributed by atoms with Gasteiger partial charge in [-0.25, -0.2) is 4.79 Å². The van der Waals surface area contributed by atoms with E-state index in [2.05, 4.69) is 18.2 Å². The highest BCUT2D eigenvalue weighted by Crippen LogP contribution is 2.28. The first kappa shape index (κ1) is 24.0. The summed E-state index contributed by atoms with van der Waals surface area (Å²) in [5.74, 6) is 1.66. The molecule has 3 rings (SSSR count). The quantitative estimate of drug-likeness (QED) is 0.444. The zero-order chi connectivity index (χ0) is 23.8. The van der Waals surface area contributed by atoms with Crippen LogP contribution in [0.15, 0.2) is 54.6 Å². The van der Waals surface area contributed by atoms with Crippen LogP contribution in [-0.2, 0) is 25.7 Å². The number of aromatic carboxylic acids is 1. The van der Waals surface area contributed by atoms with Gasteiger partial charge in [-0.1, -0.05) is 18.2 Å². The van der Waals surface area contributed by atoms with Gasteiger partial charge in [0.1, 0.15) is 17.1 Å². The van der Waals surface area contributed by atoms with Crippen LogP contribution >= 0.6 is 0 Å². The van der Waals surface area contributed by atoms with Gasteiger partial charge in [-0.2, -0.15) is 0 Å². The van der Waals surface area contributed by atoms with Crippen molar-refractivity contribution in [1.82, 2.24) is 0 Å². The lowest BCUT2D eigenvalue weighted by Crippen LogP contribution is -2.02. The third-order valence-electron chi connectivity index (χ3n) is 5.61. The molecular weight excluding hydrogens is 420 g/mol. The standard InChI is InChI=1S/C27H30O6/c1-30-22-14-20(7-5-18-9-11-23(27(28)29)25(16-18)32-3)13-21(15-22)8-6-19-10-12-24(31-2)26(17-19)33-4/h9-17H,5-8H2,1-4H3,(H,28,29). The molecule has 0 aliphatic heterocycles. The molecule has 174 valence electrons. The monoisotopic (exact) mass is 450 g/mol. The molecule has 0 radical (unpaired) electrons. The lowest BCUT2D eigenvalue weighted by molar-refractivity contribution is 0.0693. The van der Waals surface area contributed by atoms with E-state index >= 15 is 0 Å². The van der Waals surface area contributed by atoms with Crippen LogP contribution in [-0.4, -0.2) is 39.5 Å². The van der Waals surface area contributed by atoms with Crippen molar-refractivity contribution >= 4 is 5.97 Å². The lowest BCUT2D eigenvalue weighted by Gasteiger charge is -2.12. The fourth-order valence-corrected chi connectivity index (χ4v) is 3.82. The van der Waals surface area contributed by atoms with E-state index in [1.807, 2.05) is 24.3 Å². The first-order valence-corrected chi connectivity index (χ1v) is 10.7. The molecule has 3 aromatic rings. The van der Waals surface area contributed by atoms with Gasteiger partial charge < -0.3 is 24.1 Å². The number of aryl methyl sites for hydroxylation is 4. The number of carbonyl (C=O) groups is 1. The van der Waals surface area contributed by atoms with E-state index in [4.69, 9.17) is 18.9 Å². The molecule has 33 heavy (non-hydrogen) atoms. The molecule has 0 saturated heterocycles. The summed E-state index contributed by atoms with van der Waals surface area (Å²) < 4.78 is 21.5. The van der Waals surface area contributed by atoms with E-state index in [1.165, 1.54) is 18.2 Å². The number of hydrogen-bond donors (Lipinski definition) is 1. The molecule has 3 aromatic carbocycles. The predicted octanol–water partition coefficient (Wildman–Crippen LogP) is 4.99. The second-order valence-corrected chi connectivity index (χ2v) is 7.72. The van der Waals surface area contributed by atoms with Crippen LogP contribution in [0.3, 0.4) is 0 Å². The number of rotatable bonds is 11. The Kier molecular flexibility index (Phi) is 8.19. The number of benzene rings is 3. The molecule has 0 heterocycles. The van der Waals surface area contributed by atoms with Gasteiger partial charge in [0.2, 0.25) is 0 Å². The molecule has 6 heteroatoms. The molecule has 0 atom stereocenters. The first-order valence-electron chi connectivity index (χ1n) is 10.7. The third kappa shape index (κ3) is 6.19. The largest absolute Gasteiger partial charge is 0.497 e. The second kappa shape index (κ2) is 11.3. The number of carboxylic acid groups (broad SMARTS) is 1. The summed E-state index contributed by atoms with van der Waals surface area (Å²) in [7, 11) is 6.43. The van der Waals surface area contributed by atoms with Gasteiger partial charge in [-0.15, -0.1) is 0 Å². The van der Waals surface area contributed by atoms with Gasteiger partial charge in [0.05, 0.1) is 28.4 Å². The number of methoxy groups -OCH3 is 4. The van der Waals surface area contributed by atoms with E-state index in [1.54, 1.807) is 33.5 Å². The molecule has 0 spiro atoms. The van der Waals surface area contributed by atoms with Crippen LogP contribution < -0.4 is 18.9 Å². The van der Waals surface area contributed by atoms with E-state index in [9.17, 15) is 9.90 Å². The Hall–Kier alpha value is -3.67. The van der Waals surface area contributed by atoms with Crippen molar-refractivity contribution in [2.24, 2.45) is 0 Å². The van der Waals surface area contributed by atoms with Crippen molar-refractivity contribution < 1.29 is 28.8 Å². The Morgan fingerprint density at radius 2 is 1.12 bits per heavy atom. The Morgan fingerprint density at radius 3 is 1.64 bits per heavy atom. The molecule has 6 nitrogen and oxygen atoms in total. The zero-order valence-corrected chi connectivity index (χ0v) is 19.5. The molecular formula is C27H30O6. The summed E-state index contributed by atoms with van der Waals surface area (Å²) in [4.78, 5) is 11.3. The molecule has 0 saturated carbocycles. The molecule has 0 bridgehead atoms. The van der Waals surface area contributed by atoms with Gasteiger partial charge >= 0.3 is 5.97 Å². The van der Waals surface area contributed by atoms with E-state index in [0.717, 1.165) is 54.1 Å². The van der Waals surface area contributed by atoms with Crippen LogP contribution in [0, 0.1) is 0 Å². The minimum atomic E-state index is -0.995. The van der Waals surface area contributed by atoms with Crippen LogP contribution in [0.5, 0.6) is 23.0 Å². The fourth-order valence-electron chi connectivity index (χ4n) is 3.82. The van der Waals surface area contributed by atoms with Crippen molar-refractivity contribution in [3.63, 3.8) is 0 Å². The fraction of sp³-hybridized carbons (Fsp3) is 0.296. The maximum atomic E-state index is 11.3. The maximum absolute atomic E-state index is 11.3. The summed E-state index contributed by atoms with van der Waals surface area (Å²) in [6.45, 7) is 0. The van der Waals surface area contributed by atoms with Crippen molar-refractivity contribution in [1.29, 1.82) is 0 Å². The summed E-state index contributed by atoms with van der Waals surface area (Å²) in [6.07, 6.45) is 3.29. The van der Waals surface area contributed by atoms with Crippen molar-refractivity contribution in [2.75, 3.05) is 28.4 Å². The predicted molar refractivity (Wildman–Crippen MR) is 127 cm³/mol. The summed E-state index contributed by atoms with van der Waals surface area (Å²) in [6, 6.07) is 17.5. The van der Waals surface area contributed by atoms with Gasteiger partial charge in [-0.3, -0.25) is 0 Å². The summed E-state index contributed by atoms with van der Waals surface area (Å²) in [5, 5.41) is 9.26. The Morgan fingerprint density at radius 1 is 0.606 bits per heavy atom. The molecule has 1 N–H and O–H groups in total. The van der Waals surface area contributed by atoms with Crippen molar-refractivity contribution in [3.05, 3.63) is 82.4 Å². The minimum absolute atomic E-state index is 0.167. The van der Waals surface area contributed by atoms with Crippen molar-refractivity contribution in [3.8, 4) is 23.0 Å². The number of carboxylic acids is 1. The van der Waals surface area contributed by atoms with Crippen LogP contribution in [0.4, 0.5) is 0 Å². The van der Waals surface area contributed by atoms with Gasteiger partial charge in [0, 0.05) is 0 Å². The first-order chi connectivity index (χ1) is 16.0. The molecule has 0 aliphatic carbocycles. The molecule has 0 amide bonds. The highest BCUT2D eigenvalue weighted by atomic mass is 16.5. The SMILES string of the molecule is COc1cc(CCc2ccc(OC)c(OC)c2)cc(CCc2ccc(C(=O)O)c(OC)c2)c1. The van der Waals surface area contributed by atoms with E-state index < -0.39 is 5.97 Å².